The first kappa shape index (κ1) is 19.7. The van der Waals surface area contributed by atoms with Crippen LogP contribution in [0, 0.1) is 0 Å². The molecule has 3 rings (SSSR count). The normalized spacial score (nSPS) is 15.5. The Bertz CT molecular complexity index is 721. The molecule has 1 N–H and O–H groups in total. The van der Waals surface area contributed by atoms with Crippen LogP contribution >= 0.6 is 11.6 Å². The molecule has 8 heteroatoms. The van der Waals surface area contributed by atoms with Crippen molar-refractivity contribution in [3.05, 3.63) is 35.6 Å². The molecule has 1 saturated heterocycles. The Morgan fingerprint density at radius 3 is 2.59 bits per heavy atom. The van der Waals surface area contributed by atoms with Crippen LogP contribution in [0.2, 0.25) is 5.02 Å². The predicted octanol–water partition coefficient (Wildman–Crippen LogP) is 2.90. The first-order valence-electron chi connectivity index (χ1n) is 9.10. The molecule has 7 nitrogen and oxygen atoms in total. The van der Waals surface area contributed by atoms with Gasteiger partial charge in [0.25, 0.3) is 0 Å². The smallest absolute Gasteiger partial charge is 0.227 e. The summed E-state index contributed by atoms with van der Waals surface area (Å²) in [5.41, 5.74) is 0.768. The zero-order valence-corrected chi connectivity index (χ0v) is 16.6. The van der Waals surface area contributed by atoms with Gasteiger partial charge < -0.3 is 24.6 Å². The van der Waals surface area contributed by atoms with E-state index in [0.29, 0.717) is 23.3 Å². The van der Waals surface area contributed by atoms with Crippen LogP contribution in [0.4, 0.5) is 11.6 Å². The molecule has 1 aliphatic rings. The molecule has 0 amide bonds. The average molecular weight is 392 g/mol. The Kier molecular flexibility index (Phi) is 7.09. The van der Waals surface area contributed by atoms with Gasteiger partial charge in [-0.15, -0.1) is 0 Å². The van der Waals surface area contributed by atoms with Gasteiger partial charge in [-0.2, -0.15) is 0 Å². The number of benzene rings is 1. The van der Waals surface area contributed by atoms with Gasteiger partial charge in [0.15, 0.2) is 0 Å². The summed E-state index contributed by atoms with van der Waals surface area (Å²) in [7, 11) is 3.80. The molecule has 0 atom stereocenters. The minimum atomic E-state index is 0.457. The monoisotopic (exact) mass is 391 g/mol. The number of methoxy groups -OCH3 is 1. The molecule has 2 aromatic rings. The van der Waals surface area contributed by atoms with E-state index in [9.17, 15) is 0 Å². The number of nitrogens with zero attached hydrogens (tertiary/aromatic N) is 4. The van der Waals surface area contributed by atoms with E-state index < -0.39 is 0 Å². The van der Waals surface area contributed by atoms with E-state index in [2.05, 4.69) is 32.1 Å². The quantitative estimate of drug-likeness (QED) is 0.694. The van der Waals surface area contributed by atoms with E-state index >= 15 is 0 Å². The predicted molar refractivity (Wildman–Crippen MR) is 107 cm³/mol. The number of piperazine rings is 1. The Labute approximate surface area is 165 Å². The van der Waals surface area contributed by atoms with Crippen LogP contribution in [0.3, 0.4) is 0 Å². The summed E-state index contributed by atoms with van der Waals surface area (Å²) in [5, 5.41) is 3.61. The van der Waals surface area contributed by atoms with E-state index in [4.69, 9.17) is 21.1 Å². The SMILES string of the molecule is COc1cc(OCCCN2CCN(C)CC2)ccc1Nc1ncc(Cl)cn1. The third-order valence-corrected chi connectivity index (χ3v) is 4.72. The minimum absolute atomic E-state index is 0.457. The van der Waals surface area contributed by atoms with Crippen molar-refractivity contribution < 1.29 is 9.47 Å². The van der Waals surface area contributed by atoms with Gasteiger partial charge in [0.05, 0.1) is 36.8 Å². The van der Waals surface area contributed by atoms with Gasteiger partial charge in [-0.05, 0) is 25.6 Å². The number of nitrogens with one attached hydrogen (secondary N) is 1. The largest absolute Gasteiger partial charge is 0.494 e. The van der Waals surface area contributed by atoms with Gasteiger partial charge in [-0.25, -0.2) is 9.97 Å². The summed E-state index contributed by atoms with van der Waals surface area (Å²) in [6, 6.07) is 5.68. The highest BCUT2D eigenvalue weighted by Gasteiger charge is 2.13. The van der Waals surface area contributed by atoms with Gasteiger partial charge in [0.1, 0.15) is 11.5 Å². The van der Waals surface area contributed by atoms with E-state index in [1.807, 2.05) is 18.2 Å². The summed E-state index contributed by atoms with van der Waals surface area (Å²) >= 11 is 5.81. The summed E-state index contributed by atoms with van der Waals surface area (Å²) in [4.78, 5) is 13.1. The molecule has 0 aliphatic carbocycles. The zero-order chi connectivity index (χ0) is 19.1. The van der Waals surface area contributed by atoms with E-state index in [0.717, 1.165) is 50.6 Å². The molecule has 0 saturated carbocycles. The molecule has 0 radical (unpaired) electrons. The molecule has 1 aromatic heterocycles. The highest BCUT2D eigenvalue weighted by Crippen LogP contribution is 2.30. The molecule has 27 heavy (non-hydrogen) atoms. The van der Waals surface area contributed by atoms with Crippen LogP contribution in [-0.2, 0) is 0 Å². The van der Waals surface area contributed by atoms with Crippen molar-refractivity contribution in [2.75, 3.05) is 58.8 Å². The summed E-state index contributed by atoms with van der Waals surface area (Å²) in [6.45, 7) is 6.31. The van der Waals surface area contributed by atoms with Gasteiger partial charge >= 0.3 is 0 Å². The second kappa shape index (κ2) is 9.73. The van der Waals surface area contributed by atoms with Crippen molar-refractivity contribution in [1.82, 2.24) is 19.8 Å². The van der Waals surface area contributed by atoms with Crippen LogP contribution < -0.4 is 14.8 Å². The lowest BCUT2D eigenvalue weighted by molar-refractivity contribution is 0.145. The number of ether oxygens (including phenoxy) is 2. The topological polar surface area (TPSA) is 62.8 Å². The number of hydrogen-bond acceptors (Lipinski definition) is 7. The molecule has 1 aliphatic heterocycles. The summed E-state index contributed by atoms with van der Waals surface area (Å²) < 4.78 is 11.3. The summed E-state index contributed by atoms with van der Waals surface area (Å²) in [6.07, 6.45) is 4.09. The molecule has 146 valence electrons. The number of hydrogen-bond donors (Lipinski definition) is 1. The minimum Gasteiger partial charge on any atom is -0.494 e. The molecule has 0 bridgehead atoms. The molecular formula is C19H26ClN5O2. The Morgan fingerprint density at radius 2 is 1.89 bits per heavy atom. The third kappa shape index (κ3) is 5.95. The Morgan fingerprint density at radius 1 is 1.15 bits per heavy atom. The van der Waals surface area contributed by atoms with Crippen molar-refractivity contribution in [1.29, 1.82) is 0 Å². The van der Waals surface area contributed by atoms with Crippen LogP contribution in [0.1, 0.15) is 6.42 Å². The number of rotatable bonds is 8. The first-order chi connectivity index (χ1) is 13.1. The van der Waals surface area contributed by atoms with Gasteiger partial charge in [-0.3, -0.25) is 0 Å². The molecule has 1 fully saturated rings. The van der Waals surface area contributed by atoms with Crippen molar-refractivity contribution in [3.63, 3.8) is 0 Å². The second-order valence-corrected chi connectivity index (χ2v) is 7.00. The van der Waals surface area contributed by atoms with Gasteiger partial charge in [-0.1, -0.05) is 11.6 Å². The van der Waals surface area contributed by atoms with E-state index in [-0.39, 0.29) is 0 Å². The zero-order valence-electron chi connectivity index (χ0n) is 15.8. The molecular weight excluding hydrogens is 366 g/mol. The Hall–Kier alpha value is -2.09. The number of anilines is 2. The van der Waals surface area contributed by atoms with Crippen LogP contribution in [0.25, 0.3) is 0 Å². The Balaban J connectivity index is 1.49. The van der Waals surface area contributed by atoms with Gasteiger partial charge in [0.2, 0.25) is 5.95 Å². The molecule has 1 aromatic carbocycles. The third-order valence-electron chi connectivity index (χ3n) is 4.52. The van der Waals surface area contributed by atoms with Crippen molar-refractivity contribution in [3.8, 4) is 11.5 Å². The number of halogens is 1. The van der Waals surface area contributed by atoms with Crippen molar-refractivity contribution in [2.24, 2.45) is 0 Å². The molecule has 2 heterocycles. The highest BCUT2D eigenvalue weighted by molar-refractivity contribution is 6.30. The molecule has 0 spiro atoms. The fourth-order valence-corrected chi connectivity index (χ4v) is 3.01. The highest BCUT2D eigenvalue weighted by atomic mass is 35.5. The van der Waals surface area contributed by atoms with E-state index in [1.165, 1.54) is 0 Å². The van der Waals surface area contributed by atoms with E-state index in [1.54, 1.807) is 19.5 Å². The molecule has 0 unspecified atom stereocenters. The lowest BCUT2D eigenvalue weighted by Gasteiger charge is -2.32. The lowest BCUT2D eigenvalue weighted by atomic mass is 10.2. The first-order valence-corrected chi connectivity index (χ1v) is 9.48. The lowest BCUT2D eigenvalue weighted by Crippen LogP contribution is -2.44. The number of likely N-dealkylation sites (N-methyl/N-ethyl adjacent to an activating group) is 1. The van der Waals surface area contributed by atoms with Crippen LogP contribution in [0.15, 0.2) is 30.6 Å². The maximum atomic E-state index is 5.89. The standard InChI is InChI=1S/C19H26ClN5O2/c1-24-7-9-25(10-8-24)6-3-11-27-16-4-5-17(18(12-16)26-2)23-19-21-13-15(20)14-22-19/h4-5,12-14H,3,6-11H2,1-2H3,(H,21,22,23). The summed E-state index contributed by atoms with van der Waals surface area (Å²) in [5.74, 6) is 1.91. The number of aromatic nitrogens is 2. The second-order valence-electron chi connectivity index (χ2n) is 6.56. The fourth-order valence-electron chi connectivity index (χ4n) is 2.91. The fraction of sp³-hybridized carbons (Fsp3) is 0.474. The average Bonchev–Trinajstić information content (AvgIpc) is 2.69. The maximum absolute atomic E-state index is 5.89. The maximum Gasteiger partial charge on any atom is 0.227 e. The van der Waals surface area contributed by atoms with Crippen molar-refractivity contribution in [2.45, 2.75) is 6.42 Å². The van der Waals surface area contributed by atoms with Crippen LogP contribution in [-0.4, -0.2) is 73.3 Å². The van der Waals surface area contributed by atoms with Crippen LogP contribution in [0.5, 0.6) is 11.5 Å². The van der Waals surface area contributed by atoms with Crippen molar-refractivity contribution >= 4 is 23.2 Å². The van der Waals surface area contributed by atoms with Gasteiger partial charge in [0, 0.05) is 38.8 Å².